The topological polar surface area (TPSA) is 141 Å². The molecule has 0 unspecified atom stereocenters. The molecule has 0 aliphatic rings. The van der Waals surface area contributed by atoms with Crippen molar-refractivity contribution in [3.8, 4) is 0 Å². The molecule has 10 nitrogen and oxygen atoms in total. The average molecular weight is 387 g/mol. The zero-order valence-electron chi connectivity index (χ0n) is 14.8. The van der Waals surface area contributed by atoms with Crippen LogP contribution < -0.4 is 10.6 Å². The fourth-order valence-corrected chi connectivity index (χ4v) is 2.10. The first-order chi connectivity index (χ1) is 13.4. The minimum Gasteiger partial charge on any atom is -0.464 e. The lowest BCUT2D eigenvalue weighted by atomic mass is 10.1. The van der Waals surface area contributed by atoms with E-state index in [9.17, 15) is 24.5 Å². The van der Waals surface area contributed by atoms with E-state index >= 15 is 0 Å². The summed E-state index contributed by atoms with van der Waals surface area (Å²) in [5.74, 6) is -1.85. The second kappa shape index (κ2) is 9.67. The number of nitrogens with one attached hydrogen (secondary N) is 2. The van der Waals surface area contributed by atoms with Crippen molar-refractivity contribution < 1.29 is 28.5 Å². The summed E-state index contributed by atoms with van der Waals surface area (Å²) >= 11 is 0. The van der Waals surface area contributed by atoms with Crippen LogP contribution >= 0.6 is 0 Å². The Kier molecular flexibility index (Phi) is 7.03. The zero-order valence-corrected chi connectivity index (χ0v) is 14.8. The van der Waals surface area contributed by atoms with Crippen LogP contribution in [0.4, 0.5) is 5.69 Å². The van der Waals surface area contributed by atoms with Gasteiger partial charge in [0.2, 0.25) is 0 Å². The molecule has 0 aliphatic heterocycles. The summed E-state index contributed by atoms with van der Waals surface area (Å²) < 4.78 is 9.71. The van der Waals surface area contributed by atoms with Gasteiger partial charge in [-0.15, -0.1) is 0 Å². The van der Waals surface area contributed by atoms with Crippen LogP contribution in [0.25, 0.3) is 6.08 Å². The van der Waals surface area contributed by atoms with Crippen molar-refractivity contribution in [2.45, 2.75) is 6.92 Å². The predicted octanol–water partition coefficient (Wildman–Crippen LogP) is 1.64. The van der Waals surface area contributed by atoms with Gasteiger partial charge in [-0.3, -0.25) is 24.5 Å². The van der Waals surface area contributed by atoms with Gasteiger partial charge in [0.05, 0.1) is 17.7 Å². The Labute approximate surface area is 159 Å². The van der Waals surface area contributed by atoms with Crippen molar-refractivity contribution in [3.05, 3.63) is 69.8 Å². The number of nitrogens with zero attached hydrogens (tertiary/aromatic N) is 1. The first-order valence-corrected chi connectivity index (χ1v) is 8.09. The molecule has 10 heteroatoms. The highest BCUT2D eigenvalue weighted by Crippen LogP contribution is 2.15. The summed E-state index contributed by atoms with van der Waals surface area (Å²) in [5, 5.41) is 15.8. The van der Waals surface area contributed by atoms with E-state index in [1.165, 1.54) is 55.7 Å². The molecular weight excluding hydrogens is 370 g/mol. The molecule has 2 rings (SSSR count). The number of ether oxygens (including phenoxy) is 1. The van der Waals surface area contributed by atoms with Gasteiger partial charge in [0, 0.05) is 19.1 Å². The molecule has 0 atom stereocenters. The highest BCUT2D eigenvalue weighted by atomic mass is 16.6. The number of amides is 2. The molecule has 0 radical (unpaired) electrons. The maximum absolute atomic E-state index is 12.4. The number of hydrogen-bond donors (Lipinski definition) is 2. The van der Waals surface area contributed by atoms with Crippen LogP contribution in [0.2, 0.25) is 0 Å². The lowest BCUT2D eigenvalue weighted by Crippen LogP contribution is -2.36. The number of nitro benzene ring substituents is 1. The number of carbonyl (C=O) groups is 3. The summed E-state index contributed by atoms with van der Waals surface area (Å²) in [6, 6.07) is 8.48. The molecule has 0 fully saturated rings. The van der Waals surface area contributed by atoms with Gasteiger partial charge in [-0.25, -0.2) is 0 Å². The molecule has 0 saturated carbocycles. The molecule has 1 heterocycles. The molecule has 2 aromatic rings. The van der Waals surface area contributed by atoms with Gasteiger partial charge in [0.15, 0.2) is 5.76 Å². The van der Waals surface area contributed by atoms with Gasteiger partial charge in [-0.05, 0) is 23.8 Å². The molecule has 146 valence electrons. The van der Waals surface area contributed by atoms with E-state index in [4.69, 9.17) is 9.15 Å². The van der Waals surface area contributed by atoms with E-state index in [1.807, 2.05) is 0 Å². The first kappa shape index (κ1) is 20.4. The largest absolute Gasteiger partial charge is 0.464 e. The molecule has 0 saturated heterocycles. The van der Waals surface area contributed by atoms with Crippen molar-refractivity contribution >= 4 is 29.5 Å². The Morgan fingerprint density at radius 3 is 2.68 bits per heavy atom. The average Bonchev–Trinajstić information content (AvgIpc) is 3.19. The lowest BCUT2D eigenvalue weighted by Gasteiger charge is -2.10. The molecule has 0 bridgehead atoms. The van der Waals surface area contributed by atoms with Gasteiger partial charge < -0.3 is 19.8 Å². The third kappa shape index (κ3) is 6.09. The monoisotopic (exact) mass is 387 g/mol. The van der Waals surface area contributed by atoms with Gasteiger partial charge in [-0.2, -0.15) is 0 Å². The molecular formula is C18H17N3O7. The number of carbonyl (C=O) groups excluding carboxylic acids is 3. The van der Waals surface area contributed by atoms with Crippen LogP contribution in [0, 0.1) is 10.1 Å². The Bertz CT molecular complexity index is 904. The second-order valence-electron chi connectivity index (χ2n) is 5.44. The van der Waals surface area contributed by atoms with Crippen LogP contribution in [-0.2, 0) is 14.3 Å². The smallest absolute Gasteiger partial charge is 0.302 e. The maximum Gasteiger partial charge on any atom is 0.302 e. The fraction of sp³-hybridized carbons (Fsp3) is 0.167. The van der Waals surface area contributed by atoms with Crippen LogP contribution in [0.1, 0.15) is 23.0 Å². The fourth-order valence-electron chi connectivity index (χ4n) is 2.10. The number of rotatable bonds is 8. The van der Waals surface area contributed by atoms with E-state index in [-0.39, 0.29) is 30.3 Å². The molecule has 1 aromatic carbocycles. The standard InChI is InChI=1S/C18H17N3O7/c1-12(22)27-9-7-19-17(23)15(20-18(24)16-6-3-8-28-16)11-13-4-2-5-14(10-13)21(25)26/h2-6,8,10-11H,7,9H2,1H3,(H,19,23)(H,20,24)/b15-11+. The van der Waals surface area contributed by atoms with Gasteiger partial charge in [-0.1, -0.05) is 12.1 Å². The minimum absolute atomic E-state index is 0.0152. The SMILES string of the molecule is CC(=O)OCCNC(=O)/C(=C\c1cccc([N+](=O)[O-])c1)NC(=O)c1ccco1. The minimum atomic E-state index is -0.670. The summed E-state index contributed by atoms with van der Waals surface area (Å²) in [6.45, 7) is 1.21. The van der Waals surface area contributed by atoms with Crippen LogP contribution in [0.15, 0.2) is 52.8 Å². The molecule has 0 aliphatic carbocycles. The van der Waals surface area contributed by atoms with Gasteiger partial charge in [0.1, 0.15) is 12.3 Å². The lowest BCUT2D eigenvalue weighted by molar-refractivity contribution is -0.384. The molecule has 2 N–H and O–H groups in total. The van der Waals surface area contributed by atoms with Gasteiger partial charge >= 0.3 is 5.97 Å². The van der Waals surface area contributed by atoms with E-state index in [2.05, 4.69) is 10.6 Å². The number of nitro groups is 1. The Morgan fingerprint density at radius 2 is 2.04 bits per heavy atom. The molecule has 2 amide bonds. The molecule has 28 heavy (non-hydrogen) atoms. The molecule has 1 aromatic heterocycles. The van der Waals surface area contributed by atoms with Crippen molar-refractivity contribution in [1.82, 2.24) is 10.6 Å². The number of non-ortho nitro benzene ring substituents is 1. The summed E-state index contributed by atoms with van der Waals surface area (Å²) in [5.41, 5.74) is 0.00420. The van der Waals surface area contributed by atoms with Crippen LogP contribution in [0.3, 0.4) is 0 Å². The number of hydrogen-bond acceptors (Lipinski definition) is 7. The normalized spacial score (nSPS) is 10.8. The summed E-state index contributed by atoms with van der Waals surface area (Å²) in [4.78, 5) is 45.7. The second-order valence-corrected chi connectivity index (χ2v) is 5.44. The first-order valence-electron chi connectivity index (χ1n) is 8.09. The van der Waals surface area contributed by atoms with E-state index in [0.29, 0.717) is 5.56 Å². The highest BCUT2D eigenvalue weighted by Gasteiger charge is 2.16. The van der Waals surface area contributed by atoms with E-state index < -0.39 is 22.7 Å². The number of benzene rings is 1. The summed E-state index contributed by atoms with van der Waals surface area (Å²) in [7, 11) is 0. The Balaban J connectivity index is 2.20. The predicted molar refractivity (Wildman–Crippen MR) is 96.9 cm³/mol. The third-order valence-electron chi connectivity index (χ3n) is 3.32. The highest BCUT2D eigenvalue weighted by molar-refractivity contribution is 6.04. The molecule has 0 spiro atoms. The third-order valence-corrected chi connectivity index (χ3v) is 3.32. The number of furan rings is 1. The maximum atomic E-state index is 12.4. The quantitative estimate of drug-likeness (QED) is 0.231. The van der Waals surface area contributed by atoms with Crippen molar-refractivity contribution in [2.24, 2.45) is 0 Å². The zero-order chi connectivity index (χ0) is 20.5. The summed E-state index contributed by atoms with van der Waals surface area (Å²) in [6.07, 6.45) is 2.59. The van der Waals surface area contributed by atoms with Crippen LogP contribution in [0.5, 0.6) is 0 Å². The van der Waals surface area contributed by atoms with Gasteiger partial charge in [0.25, 0.3) is 17.5 Å². The number of esters is 1. The van der Waals surface area contributed by atoms with Crippen molar-refractivity contribution in [3.63, 3.8) is 0 Å². The van der Waals surface area contributed by atoms with E-state index in [1.54, 1.807) is 0 Å². The van der Waals surface area contributed by atoms with E-state index in [0.717, 1.165) is 0 Å². The van der Waals surface area contributed by atoms with Crippen molar-refractivity contribution in [1.29, 1.82) is 0 Å². The Hall–Kier alpha value is -3.95. The van der Waals surface area contributed by atoms with Crippen molar-refractivity contribution in [2.75, 3.05) is 13.2 Å². The van der Waals surface area contributed by atoms with Crippen LogP contribution in [-0.4, -0.2) is 35.9 Å². The Morgan fingerprint density at radius 1 is 1.25 bits per heavy atom.